The number of rotatable bonds is 4. The molecule has 8 heteroatoms. The molecule has 0 radical (unpaired) electrons. The highest BCUT2D eigenvalue weighted by atomic mass is 16.7. The lowest BCUT2D eigenvalue weighted by Crippen LogP contribution is -2.38. The van der Waals surface area contributed by atoms with Crippen LogP contribution in [0.25, 0.3) is 0 Å². The molecule has 0 bridgehead atoms. The maximum absolute atomic E-state index is 5.86. The number of fused-ring (bicyclic) bond motifs is 1. The van der Waals surface area contributed by atoms with Gasteiger partial charge in [-0.15, -0.1) is 10.2 Å². The largest absolute Gasteiger partial charge is 0.493 e. The van der Waals surface area contributed by atoms with E-state index in [0.717, 1.165) is 36.8 Å². The van der Waals surface area contributed by atoms with Crippen LogP contribution >= 0.6 is 0 Å². The third-order valence-corrected chi connectivity index (χ3v) is 4.31. The minimum absolute atomic E-state index is 0.0674. The monoisotopic (exact) mass is 332 g/mol. The molecule has 8 nitrogen and oxygen atoms in total. The Morgan fingerprint density at radius 2 is 2.25 bits per heavy atom. The molecule has 0 aliphatic carbocycles. The third-order valence-electron chi connectivity index (χ3n) is 4.31. The standard InChI is InChI=1S/C16H20N4O4/c1-19-9-17-18-16(19)14-8-20(3-4-22-14)7-11-5-12(21-2)15-13(6-11)23-10-24-15/h5-6,9,14H,3-4,7-8,10H2,1-2H3. The summed E-state index contributed by atoms with van der Waals surface area (Å²) in [5.41, 5.74) is 1.12. The molecule has 0 N–H and O–H groups in total. The number of aromatic nitrogens is 3. The quantitative estimate of drug-likeness (QED) is 0.831. The highest BCUT2D eigenvalue weighted by molar-refractivity contribution is 5.55. The van der Waals surface area contributed by atoms with E-state index in [2.05, 4.69) is 15.1 Å². The normalized spacial score (nSPS) is 20.3. The lowest BCUT2D eigenvalue weighted by atomic mass is 10.1. The molecule has 128 valence electrons. The number of nitrogens with zero attached hydrogens (tertiary/aromatic N) is 4. The number of methoxy groups -OCH3 is 1. The van der Waals surface area contributed by atoms with Crippen LogP contribution in [0.4, 0.5) is 0 Å². The van der Waals surface area contributed by atoms with Crippen LogP contribution in [-0.4, -0.2) is 53.3 Å². The Bertz CT molecular complexity index is 733. The Morgan fingerprint density at radius 3 is 3.04 bits per heavy atom. The minimum Gasteiger partial charge on any atom is -0.493 e. The van der Waals surface area contributed by atoms with Gasteiger partial charge in [-0.2, -0.15) is 0 Å². The van der Waals surface area contributed by atoms with E-state index < -0.39 is 0 Å². The third kappa shape index (κ3) is 2.78. The molecule has 1 unspecified atom stereocenters. The topological polar surface area (TPSA) is 70.9 Å². The van der Waals surface area contributed by atoms with E-state index in [1.54, 1.807) is 13.4 Å². The summed E-state index contributed by atoms with van der Waals surface area (Å²) >= 11 is 0. The molecule has 0 saturated carbocycles. The number of hydrogen-bond donors (Lipinski definition) is 0. The van der Waals surface area contributed by atoms with E-state index in [1.165, 1.54) is 0 Å². The summed E-state index contributed by atoms with van der Waals surface area (Å²) in [7, 11) is 3.57. The van der Waals surface area contributed by atoms with Crippen LogP contribution in [0.2, 0.25) is 0 Å². The Kier molecular flexibility index (Phi) is 3.99. The Hall–Kier alpha value is -2.32. The average molecular weight is 332 g/mol. The lowest BCUT2D eigenvalue weighted by Gasteiger charge is -2.32. The van der Waals surface area contributed by atoms with Crippen LogP contribution in [0.15, 0.2) is 18.5 Å². The Morgan fingerprint density at radius 1 is 1.33 bits per heavy atom. The fraction of sp³-hybridized carbons (Fsp3) is 0.500. The summed E-state index contributed by atoms with van der Waals surface area (Å²) < 4.78 is 24.1. The smallest absolute Gasteiger partial charge is 0.231 e. The van der Waals surface area contributed by atoms with Gasteiger partial charge in [0.05, 0.1) is 13.7 Å². The Balaban J connectivity index is 1.50. The second kappa shape index (κ2) is 6.29. The van der Waals surface area contributed by atoms with Gasteiger partial charge in [0.15, 0.2) is 17.3 Å². The van der Waals surface area contributed by atoms with Gasteiger partial charge in [-0.3, -0.25) is 4.90 Å². The first-order chi connectivity index (χ1) is 11.7. The predicted molar refractivity (Wildman–Crippen MR) is 84.1 cm³/mol. The predicted octanol–water partition coefficient (Wildman–Crippen LogP) is 1.13. The SMILES string of the molecule is COc1cc(CN2CCOC(c3nncn3C)C2)cc2c1OCO2. The van der Waals surface area contributed by atoms with Gasteiger partial charge in [0.25, 0.3) is 0 Å². The first-order valence-corrected chi connectivity index (χ1v) is 7.89. The minimum atomic E-state index is -0.0674. The molecule has 24 heavy (non-hydrogen) atoms. The van der Waals surface area contributed by atoms with Crippen molar-refractivity contribution in [3.05, 3.63) is 29.8 Å². The molecule has 0 spiro atoms. The maximum atomic E-state index is 5.86. The van der Waals surface area contributed by atoms with Gasteiger partial charge >= 0.3 is 0 Å². The van der Waals surface area contributed by atoms with E-state index in [0.29, 0.717) is 18.1 Å². The zero-order valence-corrected chi connectivity index (χ0v) is 13.8. The number of aryl methyl sites for hydroxylation is 1. The molecule has 2 aromatic rings. The van der Waals surface area contributed by atoms with Crippen molar-refractivity contribution >= 4 is 0 Å². The highest BCUT2D eigenvalue weighted by Gasteiger charge is 2.26. The van der Waals surface area contributed by atoms with Gasteiger partial charge in [-0.05, 0) is 17.7 Å². The van der Waals surface area contributed by atoms with Crippen molar-refractivity contribution in [2.24, 2.45) is 7.05 Å². The molecule has 3 heterocycles. The van der Waals surface area contributed by atoms with Crippen molar-refractivity contribution < 1.29 is 18.9 Å². The zero-order chi connectivity index (χ0) is 16.5. The molecule has 4 rings (SSSR count). The molecule has 1 saturated heterocycles. The molecule has 2 aliphatic rings. The lowest BCUT2D eigenvalue weighted by molar-refractivity contribution is -0.0385. The van der Waals surface area contributed by atoms with Crippen molar-refractivity contribution in [1.82, 2.24) is 19.7 Å². The van der Waals surface area contributed by atoms with Gasteiger partial charge in [0, 0.05) is 26.7 Å². The molecular formula is C16H20N4O4. The first kappa shape index (κ1) is 15.2. The van der Waals surface area contributed by atoms with Gasteiger partial charge in [0.1, 0.15) is 12.4 Å². The van der Waals surface area contributed by atoms with E-state index >= 15 is 0 Å². The molecule has 1 atom stereocenters. The van der Waals surface area contributed by atoms with E-state index in [1.807, 2.05) is 23.7 Å². The van der Waals surface area contributed by atoms with Crippen LogP contribution in [-0.2, 0) is 18.3 Å². The summed E-state index contributed by atoms with van der Waals surface area (Å²) in [6, 6.07) is 4.01. The van der Waals surface area contributed by atoms with Gasteiger partial charge in [0.2, 0.25) is 12.5 Å². The molecular weight excluding hydrogens is 312 g/mol. The summed E-state index contributed by atoms with van der Waals surface area (Å²) in [4.78, 5) is 2.33. The van der Waals surface area contributed by atoms with E-state index in [-0.39, 0.29) is 12.9 Å². The van der Waals surface area contributed by atoms with Gasteiger partial charge < -0.3 is 23.5 Å². The second-order valence-electron chi connectivity index (χ2n) is 5.93. The van der Waals surface area contributed by atoms with Crippen LogP contribution in [0, 0.1) is 0 Å². The first-order valence-electron chi connectivity index (χ1n) is 7.89. The molecule has 1 aromatic heterocycles. The summed E-state index contributed by atoms with van der Waals surface area (Å²) in [6.07, 6.45) is 1.63. The fourth-order valence-electron chi connectivity index (χ4n) is 3.12. The summed E-state index contributed by atoms with van der Waals surface area (Å²) in [5.74, 6) is 2.98. The van der Waals surface area contributed by atoms with Crippen LogP contribution in [0.5, 0.6) is 17.2 Å². The molecule has 1 fully saturated rings. The van der Waals surface area contributed by atoms with Crippen molar-refractivity contribution in [2.75, 3.05) is 33.6 Å². The van der Waals surface area contributed by atoms with Crippen molar-refractivity contribution in [1.29, 1.82) is 0 Å². The number of hydrogen-bond acceptors (Lipinski definition) is 7. The summed E-state index contributed by atoms with van der Waals surface area (Å²) in [6.45, 7) is 3.32. The second-order valence-corrected chi connectivity index (χ2v) is 5.93. The maximum Gasteiger partial charge on any atom is 0.231 e. The molecule has 1 aromatic carbocycles. The average Bonchev–Trinajstić information content (AvgIpc) is 3.23. The van der Waals surface area contributed by atoms with Gasteiger partial charge in [-0.1, -0.05) is 0 Å². The molecule has 2 aliphatic heterocycles. The zero-order valence-electron chi connectivity index (χ0n) is 13.8. The number of benzene rings is 1. The van der Waals surface area contributed by atoms with Crippen LogP contribution < -0.4 is 14.2 Å². The van der Waals surface area contributed by atoms with Crippen molar-refractivity contribution in [3.8, 4) is 17.2 Å². The van der Waals surface area contributed by atoms with E-state index in [4.69, 9.17) is 18.9 Å². The number of ether oxygens (including phenoxy) is 4. The van der Waals surface area contributed by atoms with Crippen LogP contribution in [0.3, 0.4) is 0 Å². The molecule has 0 amide bonds. The van der Waals surface area contributed by atoms with Gasteiger partial charge in [-0.25, -0.2) is 0 Å². The van der Waals surface area contributed by atoms with Crippen molar-refractivity contribution in [2.45, 2.75) is 12.6 Å². The highest BCUT2D eigenvalue weighted by Crippen LogP contribution is 2.42. The number of morpholine rings is 1. The summed E-state index contributed by atoms with van der Waals surface area (Å²) in [5, 5.41) is 8.10. The fourth-order valence-corrected chi connectivity index (χ4v) is 3.12. The van der Waals surface area contributed by atoms with Crippen molar-refractivity contribution in [3.63, 3.8) is 0 Å². The van der Waals surface area contributed by atoms with Crippen LogP contribution in [0.1, 0.15) is 17.5 Å². The Labute approximate surface area is 139 Å². The van der Waals surface area contributed by atoms with E-state index in [9.17, 15) is 0 Å².